The lowest BCUT2D eigenvalue weighted by Gasteiger charge is -2.05. The lowest BCUT2D eigenvalue weighted by Crippen LogP contribution is -2.22. The summed E-state index contributed by atoms with van der Waals surface area (Å²) in [6.07, 6.45) is 1.24. The summed E-state index contributed by atoms with van der Waals surface area (Å²) in [5, 5.41) is 0. The van der Waals surface area contributed by atoms with Crippen LogP contribution in [0.25, 0.3) is 0 Å². The summed E-state index contributed by atoms with van der Waals surface area (Å²) < 4.78 is 37.9. The van der Waals surface area contributed by atoms with Crippen molar-refractivity contribution < 1.29 is 17.2 Å². The van der Waals surface area contributed by atoms with Gasteiger partial charge >= 0.3 is 8.03 Å². The van der Waals surface area contributed by atoms with Crippen LogP contribution in [0.15, 0.2) is 0 Å². The minimum atomic E-state index is -3.02. The summed E-state index contributed by atoms with van der Waals surface area (Å²) >= 11 is 0. The molecular formula is C6H16O4PSSi+. The van der Waals surface area contributed by atoms with Crippen LogP contribution >= 0.6 is 8.03 Å². The van der Waals surface area contributed by atoms with Gasteiger partial charge in [0.25, 0.3) is 8.32 Å². The van der Waals surface area contributed by atoms with Crippen molar-refractivity contribution in [2.24, 2.45) is 0 Å². The molecule has 78 valence electrons. The van der Waals surface area contributed by atoms with Crippen LogP contribution in [-0.2, 0) is 18.6 Å². The fourth-order valence-electron chi connectivity index (χ4n) is 0.591. The molecule has 0 saturated heterocycles. The topological polar surface area (TPSA) is 60.4 Å². The van der Waals surface area contributed by atoms with E-state index in [0.29, 0.717) is 0 Å². The van der Waals surface area contributed by atoms with Crippen molar-refractivity contribution in [1.29, 1.82) is 0 Å². The fraction of sp³-hybridized carbons (Fsp3) is 1.00. The zero-order valence-corrected chi connectivity index (χ0v) is 11.1. The molecule has 0 aromatic rings. The highest BCUT2D eigenvalue weighted by Crippen LogP contribution is 2.27. The quantitative estimate of drug-likeness (QED) is 0.544. The minimum absolute atomic E-state index is 0.0628. The second-order valence-corrected chi connectivity index (χ2v) is 12.2. The van der Waals surface area contributed by atoms with Crippen molar-refractivity contribution in [1.82, 2.24) is 0 Å². The van der Waals surface area contributed by atoms with Crippen LogP contribution in [0.5, 0.6) is 0 Å². The van der Waals surface area contributed by atoms with Crippen molar-refractivity contribution in [2.45, 2.75) is 19.6 Å². The Morgan fingerprint density at radius 3 is 2.08 bits per heavy atom. The van der Waals surface area contributed by atoms with Crippen LogP contribution in [0, 0.1) is 0 Å². The van der Waals surface area contributed by atoms with E-state index in [4.69, 9.17) is 4.21 Å². The zero-order chi connectivity index (χ0) is 10.7. The molecule has 0 aromatic carbocycles. The Morgan fingerprint density at radius 2 is 1.77 bits per heavy atom. The maximum Gasteiger partial charge on any atom is 0.497 e. The Bertz CT molecular complexity index is 279. The molecule has 0 aliphatic heterocycles. The van der Waals surface area contributed by atoms with Gasteiger partial charge < -0.3 is 0 Å². The first-order valence-corrected chi connectivity index (χ1v) is 10.7. The van der Waals surface area contributed by atoms with Crippen molar-refractivity contribution in [3.63, 3.8) is 0 Å². The van der Waals surface area contributed by atoms with Crippen LogP contribution in [0.1, 0.15) is 0 Å². The highest BCUT2D eigenvalue weighted by molar-refractivity contribution is 7.90. The molecule has 0 fully saturated rings. The van der Waals surface area contributed by atoms with Crippen LogP contribution in [0.2, 0.25) is 19.6 Å². The molecule has 0 rings (SSSR count). The fourth-order valence-corrected chi connectivity index (χ4v) is 5.32. The molecule has 0 bridgehead atoms. The molecule has 4 nitrogen and oxygen atoms in total. The summed E-state index contributed by atoms with van der Waals surface area (Å²) in [4.78, 5) is 0. The molecule has 0 spiro atoms. The molecule has 13 heavy (non-hydrogen) atoms. The van der Waals surface area contributed by atoms with Gasteiger partial charge in [0.15, 0.2) is 16.0 Å². The van der Waals surface area contributed by atoms with Gasteiger partial charge in [0.1, 0.15) is 0 Å². The van der Waals surface area contributed by atoms with Gasteiger partial charge in [-0.1, -0.05) is 0 Å². The second-order valence-electron chi connectivity index (χ2n) is 3.89. The Hall–Kier alpha value is 0.227. The molecular weight excluding hydrogens is 227 g/mol. The highest BCUT2D eigenvalue weighted by Gasteiger charge is 2.30. The van der Waals surface area contributed by atoms with E-state index in [-0.39, 0.29) is 11.9 Å². The van der Waals surface area contributed by atoms with E-state index >= 15 is 0 Å². The van der Waals surface area contributed by atoms with Gasteiger partial charge in [-0.15, -0.1) is 0 Å². The Kier molecular flexibility index (Phi) is 4.72. The molecule has 0 N–H and O–H groups in total. The summed E-state index contributed by atoms with van der Waals surface area (Å²) in [6.45, 7) is 5.75. The van der Waals surface area contributed by atoms with Crippen LogP contribution in [0.3, 0.4) is 0 Å². The largest absolute Gasteiger partial charge is 0.497 e. The Labute approximate surface area is 81.6 Å². The standard InChI is InChI=1S/C6H16O4PSSi/c1-12(8,9)6-5-11(7)10-13(2,3)4/h5-6H2,1-4H3/q+1. The smallest absolute Gasteiger partial charge is 0.229 e. The molecule has 1 atom stereocenters. The average Bonchev–Trinajstić information content (AvgIpc) is 1.78. The van der Waals surface area contributed by atoms with E-state index in [1.54, 1.807) is 0 Å². The summed E-state index contributed by atoms with van der Waals surface area (Å²) in [5.74, 6) is -0.0628. The van der Waals surface area contributed by atoms with E-state index in [9.17, 15) is 13.0 Å². The summed E-state index contributed by atoms with van der Waals surface area (Å²) in [7, 11) is -6.62. The number of rotatable bonds is 5. The van der Waals surface area contributed by atoms with E-state index in [1.165, 1.54) is 0 Å². The van der Waals surface area contributed by atoms with Gasteiger partial charge in [0.05, 0.1) is 5.75 Å². The third-order valence-electron chi connectivity index (χ3n) is 1.02. The van der Waals surface area contributed by atoms with Crippen molar-refractivity contribution in [2.75, 3.05) is 18.2 Å². The molecule has 1 unspecified atom stereocenters. The van der Waals surface area contributed by atoms with Gasteiger partial charge in [-0.25, -0.2) is 12.6 Å². The Morgan fingerprint density at radius 1 is 1.31 bits per heavy atom. The minimum Gasteiger partial charge on any atom is -0.229 e. The van der Waals surface area contributed by atoms with E-state index in [0.717, 1.165) is 6.26 Å². The molecule has 0 amide bonds. The average molecular weight is 243 g/mol. The van der Waals surface area contributed by atoms with Crippen LogP contribution < -0.4 is 0 Å². The predicted molar refractivity (Wildman–Crippen MR) is 56.6 cm³/mol. The molecule has 0 aliphatic rings. The van der Waals surface area contributed by atoms with Gasteiger partial charge in [-0.2, -0.15) is 0 Å². The Balaban J connectivity index is 3.92. The summed E-state index contributed by atoms with van der Waals surface area (Å²) in [5.41, 5.74) is 0. The van der Waals surface area contributed by atoms with Crippen molar-refractivity contribution >= 4 is 26.2 Å². The first-order valence-electron chi connectivity index (χ1n) is 3.92. The van der Waals surface area contributed by atoms with Crippen molar-refractivity contribution in [3.05, 3.63) is 0 Å². The van der Waals surface area contributed by atoms with E-state index < -0.39 is 26.2 Å². The first-order chi connectivity index (χ1) is 5.60. The lowest BCUT2D eigenvalue weighted by atomic mass is 11.0. The predicted octanol–water partition coefficient (Wildman–Crippen LogP) is 1.62. The molecule has 0 aliphatic carbocycles. The normalized spacial score (nSPS) is 14.3. The first kappa shape index (κ1) is 13.2. The van der Waals surface area contributed by atoms with E-state index in [1.807, 2.05) is 19.6 Å². The maximum atomic E-state index is 11.2. The van der Waals surface area contributed by atoms with E-state index in [2.05, 4.69) is 0 Å². The van der Waals surface area contributed by atoms with Gasteiger partial charge in [-0.05, 0) is 24.2 Å². The molecule has 0 heterocycles. The maximum absolute atomic E-state index is 11.2. The second kappa shape index (κ2) is 4.64. The van der Waals surface area contributed by atoms with Crippen LogP contribution in [-0.4, -0.2) is 34.9 Å². The van der Waals surface area contributed by atoms with Crippen LogP contribution in [0.4, 0.5) is 0 Å². The lowest BCUT2D eigenvalue weighted by molar-refractivity contribution is 0.505. The zero-order valence-electron chi connectivity index (χ0n) is 8.40. The molecule has 7 heteroatoms. The third kappa shape index (κ3) is 10.1. The van der Waals surface area contributed by atoms with Gasteiger partial charge in [-0.3, -0.25) is 0 Å². The summed E-state index contributed by atoms with van der Waals surface area (Å²) in [6, 6.07) is 0. The molecule has 0 saturated carbocycles. The van der Waals surface area contributed by atoms with Gasteiger partial charge in [0, 0.05) is 6.26 Å². The molecule has 0 radical (unpaired) electrons. The molecule has 0 aromatic heterocycles. The monoisotopic (exact) mass is 243 g/mol. The number of hydrogen-bond donors (Lipinski definition) is 0. The SMILES string of the molecule is C[Si](C)(C)O[P+](=O)CCS(C)(=O)=O. The van der Waals surface area contributed by atoms with Crippen molar-refractivity contribution in [3.8, 4) is 0 Å². The highest BCUT2D eigenvalue weighted by atomic mass is 32.2. The number of hydrogen-bond acceptors (Lipinski definition) is 4. The third-order valence-corrected chi connectivity index (χ3v) is 5.86. The number of sulfone groups is 1. The van der Waals surface area contributed by atoms with Gasteiger partial charge in [0.2, 0.25) is 0 Å².